The highest BCUT2D eigenvalue weighted by molar-refractivity contribution is 9.09. The average molecular weight is 189 g/mol. The molecule has 0 N–H and O–H groups in total. The van der Waals surface area contributed by atoms with Gasteiger partial charge in [0, 0.05) is 19.0 Å². The Labute approximate surface area is 63.4 Å². The van der Waals surface area contributed by atoms with E-state index in [0.717, 1.165) is 6.54 Å². The largest absolute Gasteiger partial charge is 0.348 e. The van der Waals surface area contributed by atoms with Crippen LogP contribution in [0.3, 0.4) is 0 Å². The van der Waals surface area contributed by atoms with Crippen molar-refractivity contribution in [2.75, 3.05) is 6.54 Å². The van der Waals surface area contributed by atoms with Crippen LogP contribution in [0.1, 0.15) is 6.92 Å². The van der Waals surface area contributed by atoms with Crippen molar-refractivity contribution in [3.63, 3.8) is 0 Å². The second-order valence-electron chi connectivity index (χ2n) is 1.78. The fraction of sp³-hybridized carbons (Fsp3) is 0.500. The summed E-state index contributed by atoms with van der Waals surface area (Å²) < 4.78 is 0. The average Bonchev–Trinajstić information content (AvgIpc) is 1.89. The molecule has 1 rings (SSSR count). The summed E-state index contributed by atoms with van der Waals surface area (Å²) in [6.07, 6.45) is 5.75. The first kappa shape index (κ1) is 6.81. The third-order valence-corrected chi connectivity index (χ3v) is 1.97. The second kappa shape index (κ2) is 3.01. The maximum atomic E-state index is 4.11. The maximum Gasteiger partial charge on any atom is 0.177 e. The van der Waals surface area contributed by atoms with E-state index in [2.05, 4.69) is 32.7 Å². The topological polar surface area (TPSA) is 15.6 Å². The van der Waals surface area contributed by atoms with Crippen LogP contribution in [0, 0.1) is 0 Å². The third kappa shape index (κ3) is 1.55. The van der Waals surface area contributed by atoms with Crippen LogP contribution in [-0.2, 0) is 0 Å². The summed E-state index contributed by atoms with van der Waals surface area (Å²) >= 11 is 3.39. The molecule has 0 radical (unpaired) electrons. The summed E-state index contributed by atoms with van der Waals surface area (Å²) in [5, 5.41) is 0.146. The lowest BCUT2D eigenvalue weighted by Gasteiger charge is -2.22. The van der Waals surface area contributed by atoms with E-state index in [-0.39, 0.29) is 5.08 Å². The Bertz CT molecular complexity index is 142. The van der Waals surface area contributed by atoms with Crippen molar-refractivity contribution in [2.24, 2.45) is 4.99 Å². The van der Waals surface area contributed by atoms with E-state index in [1.54, 1.807) is 6.21 Å². The van der Waals surface area contributed by atoms with Gasteiger partial charge in [-0.2, -0.15) is 0 Å². The molecule has 0 aromatic rings. The van der Waals surface area contributed by atoms with Gasteiger partial charge in [-0.15, -0.1) is 0 Å². The molecule has 1 aliphatic rings. The predicted molar refractivity (Wildman–Crippen MR) is 42.7 cm³/mol. The van der Waals surface area contributed by atoms with E-state index in [0.29, 0.717) is 0 Å². The second-order valence-corrected chi connectivity index (χ2v) is 2.60. The maximum absolute atomic E-state index is 4.11. The standard InChI is InChI=1S/C6H9BrN2/c1-2-9-5-3-4-8-6(9)7/h3-6H,2H2,1H3. The van der Waals surface area contributed by atoms with Gasteiger partial charge in [-0.3, -0.25) is 4.99 Å². The molecule has 3 heteroatoms. The van der Waals surface area contributed by atoms with Crippen molar-refractivity contribution in [3.8, 4) is 0 Å². The van der Waals surface area contributed by atoms with E-state index in [9.17, 15) is 0 Å². The first-order valence-electron chi connectivity index (χ1n) is 2.94. The molecular weight excluding hydrogens is 180 g/mol. The molecule has 2 nitrogen and oxygen atoms in total. The van der Waals surface area contributed by atoms with E-state index in [1.807, 2.05) is 12.3 Å². The zero-order valence-corrected chi connectivity index (χ0v) is 6.87. The SMILES string of the molecule is CCN1C=CC=NC1Br. The van der Waals surface area contributed by atoms with Crippen molar-refractivity contribution in [3.05, 3.63) is 12.3 Å². The van der Waals surface area contributed by atoms with Gasteiger partial charge in [0.1, 0.15) is 0 Å². The number of hydrogen-bond acceptors (Lipinski definition) is 2. The predicted octanol–water partition coefficient (Wildman–Crippen LogP) is 1.58. The number of allylic oxidation sites excluding steroid dienone is 1. The zero-order valence-electron chi connectivity index (χ0n) is 5.29. The van der Waals surface area contributed by atoms with Crippen molar-refractivity contribution in [1.82, 2.24) is 4.90 Å². The Morgan fingerprint density at radius 2 is 2.56 bits per heavy atom. The van der Waals surface area contributed by atoms with Gasteiger partial charge in [-0.25, -0.2) is 0 Å². The minimum absolute atomic E-state index is 0.146. The fourth-order valence-electron chi connectivity index (χ4n) is 0.682. The number of hydrogen-bond donors (Lipinski definition) is 0. The van der Waals surface area contributed by atoms with Crippen molar-refractivity contribution < 1.29 is 0 Å². The van der Waals surface area contributed by atoms with Gasteiger partial charge in [0.25, 0.3) is 0 Å². The van der Waals surface area contributed by atoms with Gasteiger partial charge in [0.15, 0.2) is 5.08 Å². The molecule has 0 aromatic carbocycles. The summed E-state index contributed by atoms with van der Waals surface area (Å²) in [5.74, 6) is 0. The van der Waals surface area contributed by atoms with Crippen molar-refractivity contribution >= 4 is 22.1 Å². The van der Waals surface area contributed by atoms with E-state index < -0.39 is 0 Å². The van der Waals surface area contributed by atoms with Gasteiger partial charge in [0.2, 0.25) is 0 Å². The normalized spacial score (nSPS) is 25.1. The van der Waals surface area contributed by atoms with Crippen LogP contribution in [-0.4, -0.2) is 22.7 Å². The van der Waals surface area contributed by atoms with Crippen molar-refractivity contribution in [1.29, 1.82) is 0 Å². The lowest BCUT2D eigenvalue weighted by atomic mass is 10.5. The molecule has 0 aromatic heterocycles. The minimum Gasteiger partial charge on any atom is -0.348 e. The Morgan fingerprint density at radius 3 is 3.00 bits per heavy atom. The van der Waals surface area contributed by atoms with Gasteiger partial charge >= 0.3 is 0 Å². The zero-order chi connectivity index (χ0) is 6.69. The van der Waals surface area contributed by atoms with Gasteiger partial charge < -0.3 is 4.90 Å². The van der Waals surface area contributed by atoms with Crippen LogP contribution in [0.2, 0.25) is 0 Å². The Hall–Kier alpha value is -0.310. The first-order chi connectivity index (χ1) is 4.34. The van der Waals surface area contributed by atoms with E-state index in [1.165, 1.54) is 0 Å². The number of rotatable bonds is 1. The molecule has 0 aliphatic carbocycles. The summed E-state index contributed by atoms with van der Waals surface area (Å²) in [6.45, 7) is 3.09. The van der Waals surface area contributed by atoms with Gasteiger partial charge in [-0.1, -0.05) is 0 Å². The Balaban J connectivity index is 2.55. The van der Waals surface area contributed by atoms with Gasteiger partial charge in [0.05, 0.1) is 0 Å². The van der Waals surface area contributed by atoms with Gasteiger partial charge in [-0.05, 0) is 28.9 Å². The molecular formula is C6H9BrN2. The van der Waals surface area contributed by atoms with E-state index >= 15 is 0 Å². The first-order valence-corrected chi connectivity index (χ1v) is 3.86. The lowest BCUT2D eigenvalue weighted by molar-refractivity contribution is 0.384. The van der Waals surface area contributed by atoms with Crippen LogP contribution in [0.15, 0.2) is 17.3 Å². The summed E-state index contributed by atoms with van der Waals surface area (Å²) in [5.41, 5.74) is 0. The molecule has 9 heavy (non-hydrogen) atoms. The fourth-order valence-corrected chi connectivity index (χ4v) is 1.25. The lowest BCUT2D eigenvalue weighted by Crippen LogP contribution is -2.25. The van der Waals surface area contributed by atoms with Crippen molar-refractivity contribution in [2.45, 2.75) is 12.0 Å². The monoisotopic (exact) mass is 188 g/mol. The molecule has 1 unspecified atom stereocenters. The van der Waals surface area contributed by atoms with Crippen LogP contribution in [0.5, 0.6) is 0 Å². The third-order valence-electron chi connectivity index (χ3n) is 1.21. The van der Waals surface area contributed by atoms with Crippen LogP contribution < -0.4 is 0 Å². The number of halogens is 1. The molecule has 50 valence electrons. The molecule has 1 atom stereocenters. The number of alkyl halides is 1. The minimum atomic E-state index is 0.146. The molecule has 0 spiro atoms. The number of nitrogens with zero attached hydrogens (tertiary/aromatic N) is 2. The highest BCUT2D eigenvalue weighted by atomic mass is 79.9. The Morgan fingerprint density at radius 1 is 1.78 bits per heavy atom. The van der Waals surface area contributed by atoms with E-state index in [4.69, 9.17) is 0 Å². The highest BCUT2D eigenvalue weighted by Gasteiger charge is 2.07. The molecule has 0 saturated heterocycles. The molecule has 0 amide bonds. The smallest absolute Gasteiger partial charge is 0.177 e. The van der Waals surface area contributed by atoms with Crippen LogP contribution in [0.4, 0.5) is 0 Å². The summed E-state index contributed by atoms with van der Waals surface area (Å²) in [4.78, 5) is 6.21. The highest BCUT2D eigenvalue weighted by Crippen LogP contribution is 2.10. The summed E-state index contributed by atoms with van der Waals surface area (Å²) in [7, 11) is 0. The molecule has 1 aliphatic heterocycles. The molecule has 0 bridgehead atoms. The van der Waals surface area contributed by atoms with Crippen LogP contribution in [0.25, 0.3) is 0 Å². The molecule has 1 heterocycles. The molecule has 0 fully saturated rings. The summed E-state index contributed by atoms with van der Waals surface area (Å²) in [6, 6.07) is 0. The number of aliphatic imine (C=N–C) groups is 1. The van der Waals surface area contributed by atoms with Crippen LogP contribution >= 0.6 is 15.9 Å². The molecule has 0 saturated carbocycles. The Kier molecular flexibility index (Phi) is 2.28. The quantitative estimate of drug-likeness (QED) is 0.451.